The molecule has 1 aliphatic rings. The van der Waals surface area contributed by atoms with Crippen LogP contribution in [0.4, 0.5) is 5.69 Å². The molecule has 1 aliphatic heterocycles. The summed E-state index contributed by atoms with van der Waals surface area (Å²) in [6, 6.07) is 23.2. The van der Waals surface area contributed by atoms with Gasteiger partial charge in [0.2, 0.25) is 0 Å². The van der Waals surface area contributed by atoms with Crippen LogP contribution in [0.5, 0.6) is 5.75 Å². The third kappa shape index (κ3) is 5.27. The van der Waals surface area contributed by atoms with E-state index in [2.05, 4.69) is 10.3 Å². The molecule has 30 heavy (non-hydrogen) atoms. The molecule has 1 saturated heterocycles. The number of amidine groups is 1. The van der Waals surface area contributed by atoms with E-state index in [-0.39, 0.29) is 5.91 Å². The van der Waals surface area contributed by atoms with Crippen LogP contribution < -0.4 is 10.1 Å². The Bertz CT molecular complexity index is 1110. The maximum absolute atomic E-state index is 12.3. The van der Waals surface area contributed by atoms with E-state index >= 15 is 0 Å². The maximum atomic E-state index is 12.3. The smallest absolute Gasteiger partial charge is 0.264 e. The number of hydrogen-bond acceptors (Lipinski definition) is 5. The molecule has 150 valence electrons. The summed E-state index contributed by atoms with van der Waals surface area (Å²) in [6.45, 7) is 0. The first-order chi connectivity index (χ1) is 14.6. The number of amides is 1. The number of benzene rings is 3. The van der Waals surface area contributed by atoms with E-state index in [1.54, 1.807) is 18.9 Å². The molecule has 1 amide bonds. The van der Waals surface area contributed by atoms with Crippen molar-refractivity contribution in [3.05, 3.63) is 88.3 Å². The summed E-state index contributed by atoms with van der Waals surface area (Å²) in [5, 5.41) is 4.10. The van der Waals surface area contributed by atoms with E-state index < -0.39 is 0 Å². The number of carbonyl (C=O) groups is 1. The van der Waals surface area contributed by atoms with Gasteiger partial charge < -0.3 is 10.1 Å². The van der Waals surface area contributed by atoms with Crippen LogP contribution in [-0.4, -0.2) is 18.2 Å². The van der Waals surface area contributed by atoms with E-state index in [9.17, 15) is 4.79 Å². The van der Waals surface area contributed by atoms with Crippen LogP contribution in [0.3, 0.4) is 0 Å². The van der Waals surface area contributed by atoms with Crippen molar-refractivity contribution in [3.8, 4) is 5.75 Å². The molecule has 7 heteroatoms. The molecule has 0 aromatic heterocycles. The number of aliphatic imine (C=N–C) groups is 1. The predicted molar refractivity (Wildman–Crippen MR) is 126 cm³/mol. The molecule has 0 radical (unpaired) electrons. The van der Waals surface area contributed by atoms with Crippen LogP contribution in [0.1, 0.15) is 5.56 Å². The summed E-state index contributed by atoms with van der Waals surface area (Å²) in [4.78, 5) is 19.6. The number of carbonyl (C=O) groups excluding carboxylic acids is 1. The van der Waals surface area contributed by atoms with E-state index in [0.29, 0.717) is 10.1 Å². The Balaban J connectivity index is 1.44. The van der Waals surface area contributed by atoms with Crippen LogP contribution in [0, 0.1) is 0 Å². The van der Waals surface area contributed by atoms with Crippen LogP contribution in [0.25, 0.3) is 6.08 Å². The molecule has 0 spiro atoms. The van der Waals surface area contributed by atoms with Gasteiger partial charge in [0.25, 0.3) is 5.91 Å². The Labute approximate surface area is 188 Å². The summed E-state index contributed by atoms with van der Waals surface area (Å²) < 4.78 is 5.15. The maximum Gasteiger partial charge on any atom is 0.264 e. The minimum atomic E-state index is -0.146. The number of nitrogens with zero attached hydrogens (tertiary/aromatic N) is 1. The SMILES string of the molecule is COc1ccc(N=C2NC(=O)/C(=C/c3ccc(Sc4ccc(Cl)cc4)cc3)S2)cc1. The Morgan fingerprint density at radius 3 is 2.23 bits per heavy atom. The predicted octanol–water partition coefficient (Wildman–Crippen LogP) is 6.39. The molecular formula is C23H17ClN2O2S2. The summed E-state index contributed by atoms with van der Waals surface area (Å²) in [6.07, 6.45) is 1.87. The zero-order chi connectivity index (χ0) is 20.9. The molecule has 4 nitrogen and oxygen atoms in total. The number of rotatable bonds is 5. The fourth-order valence-electron chi connectivity index (χ4n) is 2.68. The van der Waals surface area contributed by atoms with Gasteiger partial charge in [-0.25, -0.2) is 4.99 Å². The van der Waals surface area contributed by atoms with E-state index in [0.717, 1.165) is 31.8 Å². The quantitative estimate of drug-likeness (QED) is 0.455. The van der Waals surface area contributed by atoms with Gasteiger partial charge in [-0.05, 0) is 84.1 Å². The first kappa shape index (κ1) is 20.6. The lowest BCUT2D eigenvalue weighted by Gasteiger charge is -2.03. The number of methoxy groups -OCH3 is 1. The number of hydrogen-bond donors (Lipinski definition) is 1. The second kappa shape index (κ2) is 9.43. The first-order valence-electron chi connectivity index (χ1n) is 9.06. The molecule has 0 unspecified atom stereocenters. The molecule has 1 fully saturated rings. The van der Waals surface area contributed by atoms with Crippen molar-refractivity contribution in [1.82, 2.24) is 5.32 Å². The van der Waals surface area contributed by atoms with Crippen molar-refractivity contribution in [2.75, 3.05) is 7.11 Å². The highest BCUT2D eigenvalue weighted by molar-refractivity contribution is 8.18. The molecule has 0 aliphatic carbocycles. The standard InChI is InChI=1S/C23H17ClN2O2S2/c1-28-18-8-6-17(7-9-18)25-23-26-22(27)21(30-23)14-15-2-10-19(11-3-15)29-20-12-4-16(24)5-13-20/h2-14H,1H3,(H,25,26,27)/b21-14-. The topological polar surface area (TPSA) is 50.7 Å². The molecule has 3 aromatic rings. The molecule has 4 rings (SSSR count). The van der Waals surface area contributed by atoms with E-state index in [4.69, 9.17) is 16.3 Å². The molecular weight excluding hydrogens is 436 g/mol. The minimum Gasteiger partial charge on any atom is -0.497 e. The van der Waals surface area contributed by atoms with Crippen LogP contribution in [0.2, 0.25) is 5.02 Å². The van der Waals surface area contributed by atoms with Gasteiger partial charge in [-0.2, -0.15) is 0 Å². The van der Waals surface area contributed by atoms with Gasteiger partial charge in [0, 0.05) is 14.8 Å². The van der Waals surface area contributed by atoms with Gasteiger partial charge in [0.15, 0.2) is 5.17 Å². The Morgan fingerprint density at radius 2 is 1.60 bits per heavy atom. The average molecular weight is 453 g/mol. The van der Waals surface area contributed by atoms with Crippen LogP contribution >= 0.6 is 35.1 Å². The largest absolute Gasteiger partial charge is 0.497 e. The van der Waals surface area contributed by atoms with E-state index in [1.165, 1.54) is 11.8 Å². The fraction of sp³-hybridized carbons (Fsp3) is 0.0435. The van der Waals surface area contributed by atoms with Crippen molar-refractivity contribution in [2.45, 2.75) is 9.79 Å². The van der Waals surface area contributed by atoms with Crippen molar-refractivity contribution in [2.24, 2.45) is 4.99 Å². The number of ether oxygens (including phenoxy) is 1. The Hall–Kier alpha value is -2.67. The normalized spacial score (nSPS) is 16.1. The van der Waals surface area contributed by atoms with Crippen molar-refractivity contribution in [3.63, 3.8) is 0 Å². The summed E-state index contributed by atoms with van der Waals surface area (Å²) in [5.74, 6) is 0.618. The second-order valence-electron chi connectivity index (χ2n) is 6.30. The monoisotopic (exact) mass is 452 g/mol. The lowest BCUT2D eigenvalue weighted by Crippen LogP contribution is -2.19. The number of halogens is 1. The summed E-state index contributed by atoms with van der Waals surface area (Å²) >= 11 is 8.92. The average Bonchev–Trinajstić information content (AvgIpc) is 3.10. The number of nitrogens with one attached hydrogen (secondary N) is 1. The molecule has 0 bridgehead atoms. The van der Waals surface area contributed by atoms with Gasteiger partial charge >= 0.3 is 0 Å². The van der Waals surface area contributed by atoms with Crippen LogP contribution in [-0.2, 0) is 4.79 Å². The Morgan fingerprint density at radius 1 is 0.967 bits per heavy atom. The highest BCUT2D eigenvalue weighted by Gasteiger charge is 2.23. The third-order valence-corrected chi connectivity index (χ3v) is 6.36. The zero-order valence-electron chi connectivity index (χ0n) is 16.0. The summed E-state index contributed by atoms with van der Waals surface area (Å²) in [5.41, 5.74) is 1.71. The van der Waals surface area contributed by atoms with Crippen molar-refractivity contribution >= 4 is 58.0 Å². The molecule has 1 N–H and O–H groups in total. The fourth-order valence-corrected chi connectivity index (χ4v) is 4.46. The van der Waals surface area contributed by atoms with Gasteiger partial charge in [-0.15, -0.1) is 0 Å². The van der Waals surface area contributed by atoms with Gasteiger partial charge in [-0.1, -0.05) is 35.5 Å². The summed E-state index contributed by atoms with van der Waals surface area (Å²) in [7, 11) is 1.62. The molecule has 0 atom stereocenters. The minimum absolute atomic E-state index is 0.146. The van der Waals surface area contributed by atoms with E-state index in [1.807, 2.05) is 78.9 Å². The second-order valence-corrected chi connectivity index (χ2v) is 8.92. The Kier molecular flexibility index (Phi) is 6.47. The number of thioether (sulfide) groups is 1. The highest BCUT2D eigenvalue weighted by atomic mass is 35.5. The third-order valence-electron chi connectivity index (χ3n) is 4.18. The first-order valence-corrected chi connectivity index (χ1v) is 11.1. The molecule has 3 aromatic carbocycles. The highest BCUT2D eigenvalue weighted by Crippen LogP contribution is 2.31. The molecule has 1 heterocycles. The zero-order valence-corrected chi connectivity index (χ0v) is 18.4. The van der Waals surface area contributed by atoms with Crippen molar-refractivity contribution < 1.29 is 9.53 Å². The van der Waals surface area contributed by atoms with Gasteiger partial charge in [-0.3, -0.25) is 4.79 Å². The van der Waals surface area contributed by atoms with Gasteiger partial charge in [0.05, 0.1) is 17.7 Å². The van der Waals surface area contributed by atoms with Crippen molar-refractivity contribution in [1.29, 1.82) is 0 Å². The lowest BCUT2D eigenvalue weighted by atomic mass is 10.2. The lowest BCUT2D eigenvalue weighted by molar-refractivity contribution is -0.115. The molecule has 0 saturated carbocycles. The van der Waals surface area contributed by atoms with Crippen LogP contribution in [0.15, 0.2) is 92.5 Å². The van der Waals surface area contributed by atoms with Gasteiger partial charge in [0.1, 0.15) is 5.75 Å².